The minimum Gasteiger partial charge on any atom is -0.507 e. The van der Waals surface area contributed by atoms with Crippen molar-refractivity contribution in [2.45, 2.75) is 6.04 Å². The summed E-state index contributed by atoms with van der Waals surface area (Å²) in [7, 11) is 1.45. The number of hydrogen-bond acceptors (Lipinski definition) is 4. The summed E-state index contributed by atoms with van der Waals surface area (Å²) < 4.78 is 33.8. The molecule has 0 spiro atoms. The lowest BCUT2D eigenvalue weighted by molar-refractivity contribution is -0.132. The number of aliphatic hydroxyl groups excluding tert-OH is 1. The van der Waals surface area contributed by atoms with Crippen molar-refractivity contribution in [1.29, 1.82) is 0 Å². The standard InChI is InChI=1S/C24H17F2NO4/c1-31-17-9-4-6-14(12-17)22(28)20-21(18-10-2-3-11-19(18)26)27(24(30)23(20)29)16-8-5-7-15(25)13-16/h2-13,21,28H,1H3/b22-20+. The quantitative estimate of drug-likeness (QED) is 0.380. The molecule has 0 aromatic heterocycles. The third-order valence-electron chi connectivity index (χ3n) is 5.07. The van der Waals surface area contributed by atoms with Crippen LogP contribution in [0.15, 0.2) is 78.4 Å². The molecule has 0 aliphatic carbocycles. The van der Waals surface area contributed by atoms with Gasteiger partial charge in [0.2, 0.25) is 0 Å². The molecule has 1 aliphatic heterocycles. The SMILES string of the molecule is COc1cccc(/C(O)=C2\C(=O)C(=O)N(c3cccc(F)c3)C2c2ccccc2F)c1. The van der Waals surface area contributed by atoms with Gasteiger partial charge in [-0.3, -0.25) is 14.5 Å². The fourth-order valence-electron chi connectivity index (χ4n) is 3.64. The highest BCUT2D eigenvalue weighted by atomic mass is 19.1. The van der Waals surface area contributed by atoms with Crippen LogP contribution in [0.1, 0.15) is 17.2 Å². The molecule has 1 fully saturated rings. The molecule has 0 bridgehead atoms. The van der Waals surface area contributed by atoms with Crippen molar-refractivity contribution >= 4 is 23.1 Å². The highest BCUT2D eigenvalue weighted by molar-refractivity contribution is 6.51. The number of carbonyl (C=O) groups is 2. The van der Waals surface area contributed by atoms with E-state index >= 15 is 0 Å². The van der Waals surface area contributed by atoms with E-state index in [1.54, 1.807) is 18.2 Å². The number of halogens is 2. The number of hydrogen-bond donors (Lipinski definition) is 1. The first-order valence-electron chi connectivity index (χ1n) is 9.38. The molecule has 1 atom stereocenters. The molecule has 1 N–H and O–H groups in total. The second-order valence-corrected chi connectivity index (χ2v) is 6.90. The first kappa shape index (κ1) is 20.3. The van der Waals surface area contributed by atoms with E-state index in [9.17, 15) is 23.5 Å². The molecule has 1 heterocycles. The number of carbonyl (C=O) groups excluding carboxylic acids is 2. The predicted octanol–water partition coefficient (Wildman–Crippen LogP) is 4.60. The number of amides is 1. The van der Waals surface area contributed by atoms with Gasteiger partial charge in [0.1, 0.15) is 23.1 Å². The maximum atomic E-state index is 14.8. The summed E-state index contributed by atoms with van der Waals surface area (Å²) in [5.41, 5.74) is -0.0130. The Kier molecular flexibility index (Phi) is 5.25. The van der Waals surface area contributed by atoms with Crippen molar-refractivity contribution in [3.63, 3.8) is 0 Å². The second-order valence-electron chi connectivity index (χ2n) is 6.90. The van der Waals surface area contributed by atoms with Gasteiger partial charge in [0, 0.05) is 16.8 Å². The number of rotatable bonds is 4. The van der Waals surface area contributed by atoms with Crippen molar-refractivity contribution in [2.24, 2.45) is 0 Å². The largest absolute Gasteiger partial charge is 0.507 e. The van der Waals surface area contributed by atoms with Crippen molar-refractivity contribution in [3.8, 4) is 5.75 Å². The Morgan fingerprint density at radius 3 is 2.42 bits per heavy atom. The summed E-state index contributed by atoms with van der Waals surface area (Å²) in [5.74, 6) is -3.36. The van der Waals surface area contributed by atoms with Gasteiger partial charge in [-0.1, -0.05) is 36.4 Å². The summed E-state index contributed by atoms with van der Waals surface area (Å²) >= 11 is 0. The molecule has 3 aromatic rings. The van der Waals surface area contributed by atoms with E-state index in [2.05, 4.69) is 0 Å². The van der Waals surface area contributed by atoms with Gasteiger partial charge in [0.25, 0.3) is 11.7 Å². The summed E-state index contributed by atoms with van der Waals surface area (Å²) in [6.07, 6.45) is 0. The van der Waals surface area contributed by atoms with Crippen LogP contribution in [0.25, 0.3) is 5.76 Å². The average Bonchev–Trinajstić information content (AvgIpc) is 3.04. The predicted molar refractivity (Wildman–Crippen MR) is 111 cm³/mol. The number of Topliss-reactive ketones (excluding diaryl/α,β-unsaturated/α-hetero) is 1. The molecule has 1 amide bonds. The van der Waals surface area contributed by atoms with Crippen LogP contribution in [0.2, 0.25) is 0 Å². The zero-order valence-corrected chi connectivity index (χ0v) is 16.4. The number of ether oxygens (including phenoxy) is 1. The average molecular weight is 421 g/mol. The maximum Gasteiger partial charge on any atom is 0.300 e. The van der Waals surface area contributed by atoms with Gasteiger partial charge < -0.3 is 9.84 Å². The number of aliphatic hydroxyl groups is 1. The smallest absolute Gasteiger partial charge is 0.300 e. The molecule has 1 unspecified atom stereocenters. The molecule has 1 saturated heterocycles. The highest BCUT2D eigenvalue weighted by Gasteiger charge is 2.47. The Hall–Kier alpha value is -4.00. The van der Waals surface area contributed by atoms with Gasteiger partial charge in [-0.25, -0.2) is 8.78 Å². The van der Waals surface area contributed by atoms with Gasteiger partial charge >= 0.3 is 0 Å². The van der Waals surface area contributed by atoms with Gasteiger partial charge in [-0.05, 0) is 36.4 Å². The van der Waals surface area contributed by atoms with Gasteiger partial charge in [-0.2, -0.15) is 0 Å². The summed E-state index contributed by atoms with van der Waals surface area (Å²) in [6.45, 7) is 0. The molecule has 4 rings (SSSR count). The van der Waals surface area contributed by atoms with Crippen LogP contribution in [0.5, 0.6) is 5.75 Å². The Labute approximate surface area is 176 Å². The zero-order valence-electron chi connectivity index (χ0n) is 16.4. The Morgan fingerprint density at radius 2 is 1.71 bits per heavy atom. The van der Waals surface area contributed by atoms with Crippen LogP contribution in [0.4, 0.5) is 14.5 Å². The van der Waals surface area contributed by atoms with Crippen LogP contribution < -0.4 is 9.64 Å². The first-order valence-corrected chi connectivity index (χ1v) is 9.38. The van der Waals surface area contributed by atoms with Gasteiger partial charge in [-0.15, -0.1) is 0 Å². The minimum absolute atomic E-state index is 0.00425. The van der Waals surface area contributed by atoms with E-state index in [0.717, 1.165) is 11.0 Å². The number of anilines is 1. The lowest BCUT2D eigenvalue weighted by atomic mass is 9.94. The fourth-order valence-corrected chi connectivity index (χ4v) is 3.64. The minimum atomic E-state index is -1.28. The van der Waals surface area contributed by atoms with E-state index in [4.69, 9.17) is 4.74 Å². The van der Waals surface area contributed by atoms with Crippen LogP contribution in [-0.4, -0.2) is 23.9 Å². The first-order chi connectivity index (χ1) is 14.9. The van der Waals surface area contributed by atoms with Crippen LogP contribution in [0, 0.1) is 11.6 Å². The van der Waals surface area contributed by atoms with Gasteiger partial charge in [0.05, 0.1) is 18.7 Å². The normalized spacial score (nSPS) is 17.8. The molecule has 156 valence electrons. The molecule has 1 aliphatic rings. The summed E-state index contributed by atoms with van der Waals surface area (Å²) in [5, 5.41) is 11.0. The van der Waals surface area contributed by atoms with E-state index in [0.29, 0.717) is 5.75 Å². The highest BCUT2D eigenvalue weighted by Crippen LogP contribution is 2.43. The van der Waals surface area contributed by atoms with E-state index in [1.165, 1.54) is 55.6 Å². The summed E-state index contributed by atoms with van der Waals surface area (Å²) in [6, 6.07) is 15.7. The third kappa shape index (κ3) is 3.54. The second kappa shape index (κ2) is 8.02. The molecule has 7 heteroatoms. The fraction of sp³-hybridized carbons (Fsp3) is 0.0833. The Bertz CT molecular complexity index is 1220. The molecule has 3 aromatic carbocycles. The van der Waals surface area contributed by atoms with Crippen molar-refractivity contribution in [3.05, 3.63) is 101 Å². The topological polar surface area (TPSA) is 66.8 Å². The third-order valence-corrected chi connectivity index (χ3v) is 5.07. The summed E-state index contributed by atoms with van der Waals surface area (Å²) in [4.78, 5) is 26.9. The van der Waals surface area contributed by atoms with Crippen LogP contribution in [-0.2, 0) is 9.59 Å². The number of methoxy groups -OCH3 is 1. The van der Waals surface area contributed by atoms with Gasteiger partial charge in [0.15, 0.2) is 0 Å². The molecular weight excluding hydrogens is 404 g/mol. The number of ketones is 1. The molecule has 31 heavy (non-hydrogen) atoms. The Balaban J connectivity index is 1.98. The van der Waals surface area contributed by atoms with Crippen LogP contribution in [0.3, 0.4) is 0 Å². The van der Waals surface area contributed by atoms with E-state index in [1.807, 2.05) is 0 Å². The van der Waals surface area contributed by atoms with Crippen molar-refractivity contribution in [1.82, 2.24) is 0 Å². The van der Waals surface area contributed by atoms with E-state index < -0.39 is 35.1 Å². The molecule has 0 saturated carbocycles. The lowest BCUT2D eigenvalue weighted by Gasteiger charge is -2.25. The molecular formula is C24H17F2NO4. The maximum absolute atomic E-state index is 14.8. The monoisotopic (exact) mass is 421 g/mol. The van der Waals surface area contributed by atoms with E-state index in [-0.39, 0.29) is 22.4 Å². The van der Waals surface area contributed by atoms with Crippen LogP contribution >= 0.6 is 0 Å². The number of benzene rings is 3. The molecule has 5 nitrogen and oxygen atoms in total. The van der Waals surface area contributed by atoms with Crippen molar-refractivity contribution < 1.29 is 28.2 Å². The van der Waals surface area contributed by atoms with Crippen molar-refractivity contribution in [2.75, 3.05) is 12.0 Å². The lowest BCUT2D eigenvalue weighted by Crippen LogP contribution is -2.30. The Morgan fingerprint density at radius 1 is 0.968 bits per heavy atom. The molecule has 0 radical (unpaired) electrons. The zero-order chi connectivity index (χ0) is 22.1. The number of nitrogens with zero attached hydrogens (tertiary/aromatic N) is 1.